The lowest BCUT2D eigenvalue weighted by atomic mass is 9.60. The van der Waals surface area contributed by atoms with Crippen LogP contribution in [0.15, 0.2) is 0 Å². The van der Waals surface area contributed by atoms with Gasteiger partial charge in [-0.2, -0.15) is 0 Å². The van der Waals surface area contributed by atoms with E-state index in [0.717, 1.165) is 37.5 Å². The summed E-state index contributed by atoms with van der Waals surface area (Å²) in [6.07, 6.45) is 11.6. The Labute approximate surface area is 159 Å². The van der Waals surface area contributed by atoms with Gasteiger partial charge in [0.1, 0.15) is 0 Å². The first-order chi connectivity index (χ1) is 12.1. The standard InChI is InChI=1S/C22H40O4/c1-17(2)9-5-7-11-21(12-8-6-10-18(3)4)13-15-22(16-14-21,19(23)24)20(25)26/h17-18H,5-16H2,1-4H3,(H,23,24)(H,25,26). The molecule has 0 spiro atoms. The number of hydrogen-bond donors (Lipinski definition) is 2. The van der Waals surface area contributed by atoms with Gasteiger partial charge in [0, 0.05) is 0 Å². The summed E-state index contributed by atoms with van der Waals surface area (Å²) in [5.41, 5.74) is -1.40. The quantitative estimate of drug-likeness (QED) is 0.321. The Bertz CT molecular complexity index is 411. The highest BCUT2D eigenvalue weighted by molar-refractivity contribution is 5.98. The molecular weight excluding hydrogens is 328 g/mol. The van der Waals surface area contributed by atoms with Crippen LogP contribution in [0.25, 0.3) is 0 Å². The van der Waals surface area contributed by atoms with Crippen molar-refractivity contribution >= 4 is 11.9 Å². The predicted molar refractivity (Wildman–Crippen MR) is 105 cm³/mol. The van der Waals surface area contributed by atoms with E-state index in [9.17, 15) is 19.8 Å². The first-order valence-electron chi connectivity index (χ1n) is 10.6. The summed E-state index contributed by atoms with van der Waals surface area (Å²) < 4.78 is 0. The van der Waals surface area contributed by atoms with Gasteiger partial charge in [-0.15, -0.1) is 0 Å². The molecule has 1 fully saturated rings. The Kier molecular flexibility index (Phi) is 9.12. The van der Waals surface area contributed by atoms with E-state index >= 15 is 0 Å². The topological polar surface area (TPSA) is 74.6 Å². The summed E-state index contributed by atoms with van der Waals surface area (Å²) in [6, 6.07) is 0. The largest absolute Gasteiger partial charge is 0.480 e. The van der Waals surface area contributed by atoms with Gasteiger partial charge in [-0.05, 0) is 55.8 Å². The van der Waals surface area contributed by atoms with Crippen LogP contribution in [-0.2, 0) is 9.59 Å². The fraction of sp³-hybridized carbons (Fsp3) is 0.909. The van der Waals surface area contributed by atoms with Crippen molar-refractivity contribution < 1.29 is 19.8 Å². The van der Waals surface area contributed by atoms with Crippen LogP contribution in [-0.4, -0.2) is 22.2 Å². The third-order valence-corrected chi connectivity index (χ3v) is 6.46. The molecule has 4 nitrogen and oxygen atoms in total. The van der Waals surface area contributed by atoms with Crippen LogP contribution in [0.1, 0.15) is 105 Å². The normalized spacial score (nSPS) is 19.0. The molecule has 1 saturated carbocycles. The van der Waals surface area contributed by atoms with Crippen LogP contribution in [0.2, 0.25) is 0 Å². The molecule has 0 aromatic carbocycles. The second-order valence-corrected chi connectivity index (χ2v) is 9.47. The van der Waals surface area contributed by atoms with E-state index in [2.05, 4.69) is 27.7 Å². The van der Waals surface area contributed by atoms with E-state index in [-0.39, 0.29) is 18.3 Å². The molecule has 0 saturated heterocycles. The fourth-order valence-corrected chi connectivity index (χ4v) is 4.46. The smallest absolute Gasteiger partial charge is 0.321 e. The molecule has 0 aromatic heterocycles. The number of aliphatic carboxylic acids is 2. The zero-order valence-electron chi connectivity index (χ0n) is 17.4. The average Bonchev–Trinajstić information content (AvgIpc) is 2.56. The first-order valence-corrected chi connectivity index (χ1v) is 10.6. The summed E-state index contributed by atoms with van der Waals surface area (Å²) in [5.74, 6) is -0.874. The SMILES string of the molecule is CC(C)CCCCC1(CCCCC(C)C)CCC(C(=O)O)(C(=O)O)CC1. The van der Waals surface area contributed by atoms with Crippen molar-refractivity contribution in [2.75, 3.05) is 0 Å². The Morgan fingerprint density at radius 3 is 1.42 bits per heavy atom. The van der Waals surface area contributed by atoms with Crippen molar-refractivity contribution in [3.63, 3.8) is 0 Å². The highest BCUT2D eigenvalue weighted by Gasteiger charge is 2.52. The lowest BCUT2D eigenvalue weighted by molar-refractivity contribution is -0.169. The summed E-state index contributed by atoms with van der Waals surface area (Å²) in [5, 5.41) is 19.0. The number of carboxylic acid groups (broad SMARTS) is 2. The summed E-state index contributed by atoms with van der Waals surface area (Å²) >= 11 is 0. The van der Waals surface area contributed by atoms with E-state index in [1.165, 1.54) is 38.5 Å². The fourth-order valence-electron chi connectivity index (χ4n) is 4.46. The van der Waals surface area contributed by atoms with E-state index in [0.29, 0.717) is 0 Å². The molecule has 0 amide bonds. The maximum Gasteiger partial charge on any atom is 0.321 e. The van der Waals surface area contributed by atoms with Gasteiger partial charge in [0.25, 0.3) is 0 Å². The minimum Gasteiger partial charge on any atom is -0.480 e. The molecule has 0 unspecified atom stereocenters. The summed E-state index contributed by atoms with van der Waals surface area (Å²) in [7, 11) is 0. The Hall–Kier alpha value is -1.06. The number of carbonyl (C=O) groups is 2. The second kappa shape index (κ2) is 10.3. The van der Waals surface area contributed by atoms with E-state index in [1.807, 2.05) is 0 Å². The molecule has 1 rings (SSSR count). The molecule has 2 N–H and O–H groups in total. The predicted octanol–water partition coefficient (Wildman–Crippen LogP) is 6.14. The molecule has 4 heteroatoms. The van der Waals surface area contributed by atoms with Gasteiger partial charge in [0.2, 0.25) is 0 Å². The summed E-state index contributed by atoms with van der Waals surface area (Å²) in [6.45, 7) is 8.99. The number of unbranched alkanes of at least 4 members (excludes halogenated alkanes) is 2. The molecule has 1 aliphatic rings. The molecule has 152 valence electrons. The molecule has 0 aliphatic heterocycles. The van der Waals surface area contributed by atoms with Crippen LogP contribution < -0.4 is 0 Å². The maximum absolute atomic E-state index is 11.6. The minimum absolute atomic E-state index is 0.155. The zero-order chi connectivity index (χ0) is 19.8. The molecule has 0 bridgehead atoms. The maximum atomic E-state index is 11.6. The Balaban J connectivity index is 2.70. The van der Waals surface area contributed by atoms with Crippen molar-refractivity contribution in [1.29, 1.82) is 0 Å². The molecule has 0 aromatic rings. The van der Waals surface area contributed by atoms with Crippen molar-refractivity contribution in [2.45, 2.75) is 105 Å². The molecular formula is C22H40O4. The number of hydrogen-bond acceptors (Lipinski definition) is 2. The average molecular weight is 369 g/mol. The van der Waals surface area contributed by atoms with E-state index in [1.54, 1.807) is 0 Å². The monoisotopic (exact) mass is 368 g/mol. The van der Waals surface area contributed by atoms with Crippen molar-refractivity contribution in [2.24, 2.45) is 22.7 Å². The van der Waals surface area contributed by atoms with Crippen molar-refractivity contribution in [3.8, 4) is 0 Å². The van der Waals surface area contributed by atoms with Crippen molar-refractivity contribution in [1.82, 2.24) is 0 Å². The minimum atomic E-state index is -1.56. The van der Waals surface area contributed by atoms with Crippen LogP contribution in [0, 0.1) is 22.7 Å². The number of carboxylic acids is 2. The number of rotatable bonds is 12. The van der Waals surface area contributed by atoms with Crippen molar-refractivity contribution in [3.05, 3.63) is 0 Å². The lowest BCUT2D eigenvalue weighted by Gasteiger charge is -2.43. The molecule has 0 radical (unpaired) electrons. The molecule has 1 aliphatic carbocycles. The van der Waals surface area contributed by atoms with E-state index in [4.69, 9.17) is 0 Å². The molecule has 0 atom stereocenters. The van der Waals surface area contributed by atoms with Crippen LogP contribution in [0.3, 0.4) is 0 Å². The van der Waals surface area contributed by atoms with Gasteiger partial charge in [0.15, 0.2) is 5.41 Å². The van der Waals surface area contributed by atoms with Gasteiger partial charge in [0.05, 0.1) is 0 Å². The third-order valence-electron chi connectivity index (χ3n) is 6.46. The van der Waals surface area contributed by atoms with Gasteiger partial charge >= 0.3 is 11.9 Å². The van der Waals surface area contributed by atoms with Gasteiger partial charge in [-0.3, -0.25) is 9.59 Å². The van der Waals surface area contributed by atoms with Gasteiger partial charge < -0.3 is 10.2 Å². The highest BCUT2D eigenvalue weighted by atomic mass is 16.4. The first kappa shape index (κ1) is 23.0. The Morgan fingerprint density at radius 1 is 0.731 bits per heavy atom. The Morgan fingerprint density at radius 2 is 1.12 bits per heavy atom. The highest BCUT2D eigenvalue weighted by Crippen LogP contribution is 2.51. The van der Waals surface area contributed by atoms with Gasteiger partial charge in [-0.1, -0.05) is 66.2 Å². The molecule has 0 heterocycles. The van der Waals surface area contributed by atoms with Crippen LogP contribution in [0.5, 0.6) is 0 Å². The van der Waals surface area contributed by atoms with Gasteiger partial charge in [-0.25, -0.2) is 0 Å². The van der Waals surface area contributed by atoms with Crippen LogP contribution >= 0.6 is 0 Å². The third kappa shape index (κ3) is 6.59. The second-order valence-electron chi connectivity index (χ2n) is 9.47. The molecule has 26 heavy (non-hydrogen) atoms. The zero-order valence-corrected chi connectivity index (χ0v) is 17.4. The van der Waals surface area contributed by atoms with E-state index < -0.39 is 17.4 Å². The lowest BCUT2D eigenvalue weighted by Crippen LogP contribution is -2.45. The van der Waals surface area contributed by atoms with Crippen LogP contribution in [0.4, 0.5) is 0 Å². The summed E-state index contributed by atoms with van der Waals surface area (Å²) in [4.78, 5) is 23.2.